The molecule has 1 N–H and O–H groups in total. The lowest BCUT2D eigenvalue weighted by Crippen LogP contribution is -2.52. The number of carboxylic acids is 1. The Kier molecular flexibility index (Phi) is 3.08. The molecule has 4 rings (SSSR count). The molecule has 0 saturated heterocycles. The van der Waals surface area contributed by atoms with Crippen molar-refractivity contribution in [3.8, 4) is 0 Å². The number of aliphatic carboxylic acids is 1. The Morgan fingerprint density at radius 3 is 2.73 bits per heavy atom. The summed E-state index contributed by atoms with van der Waals surface area (Å²) in [4.78, 5) is 23.8. The van der Waals surface area contributed by atoms with Crippen molar-refractivity contribution < 1.29 is 14.7 Å². The van der Waals surface area contributed by atoms with Gasteiger partial charge in [-0.1, -0.05) is 18.9 Å². The Labute approximate surface area is 132 Å². The van der Waals surface area contributed by atoms with Crippen LogP contribution in [0.15, 0.2) is 11.6 Å². The van der Waals surface area contributed by atoms with Crippen LogP contribution in [-0.4, -0.2) is 16.9 Å². The number of hydrogen-bond acceptors (Lipinski definition) is 2. The van der Waals surface area contributed by atoms with Gasteiger partial charge in [-0.25, -0.2) is 0 Å². The third kappa shape index (κ3) is 1.74. The van der Waals surface area contributed by atoms with Gasteiger partial charge in [-0.3, -0.25) is 9.59 Å². The predicted octanol–water partition coefficient (Wildman–Crippen LogP) is 3.97. The smallest absolute Gasteiger partial charge is 0.309 e. The Hall–Kier alpha value is -1.12. The van der Waals surface area contributed by atoms with Crippen molar-refractivity contribution in [2.75, 3.05) is 0 Å². The zero-order valence-electron chi connectivity index (χ0n) is 13.4. The van der Waals surface area contributed by atoms with Gasteiger partial charge in [0.05, 0.1) is 5.41 Å². The third-order valence-corrected chi connectivity index (χ3v) is 7.73. The van der Waals surface area contributed by atoms with E-state index < -0.39 is 11.4 Å². The molecule has 3 nitrogen and oxygen atoms in total. The molecule has 0 bridgehead atoms. The second kappa shape index (κ2) is 4.69. The molecular weight excluding hydrogens is 276 g/mol. The number of hydrogen-bond donors (Lipinski definition) is 1. The van der Waals surface area contributed by atoms with E-state index in [1.54, 1.807) is 0 Å². The molecule has 4 aliphatic rings. The van der Waals surface area contributed by atoms with Crippen LogP contribution >= 0.6 is 0 Å². The molecule has 120 valence electrons. The van der Waals surface area contributed by atoms with Crippen molar-refractivity contribution in [2.24, 2.45) is 28.6 Å². The van der Waals surface area contributed by atoms with Crippen molar-refractivity contribution >= 4 is 11.8 Å². The van der Waals surface area contributed by atoms with Gasteiger partial charge in [-0.2, -0.15) is 0 Å². The van der Waals surface area contributed by atoms with Gasteiger partial charge >= 0.3 is 5.97 Å². The molecule has 0 heterocycles. The molecule has 4 aliphatic carbocycles. The van der Waals surface area contributed by atoms with Crippen LogP contribution in [-0.2, 0) is 9.59 Å². The topological polar surface area (TPSA) is 54.4 Å². The van der Waals surface area contributed by atoms with E-state index in [4.69, 9.17) is 0 Å². The average molecular weight is 302 g/mol. The number of ketones is 1. The highest BCUT2D eigenvalue weighted by molar-refractivity contribution is 5.91. The van der Waals surface area contributed by atoms with Gasteiger partial charge in [-0.15, -0.1) is 0 Å². The number of carbonyl (C=O) groups is 2. The van der Waals surface area contributed by atoms with Crippen molar-refractivity contribution in [3.63, 3.8) is 0 Å². The molecule has 22 heavy (non-hydrogen) atoms. The maximum Gasteiger partial charge on any atom is 0.309 e. The van der Waals surface area contributed by atoms with E-state index in [9.17, 15) is 14.7 Å². The Morgan fingerprint density at radius 2 is 1.95 bits per heavy atom. The molecule has 0 spiro atoms. The lowest BCUT2D eigenvalue weighted by Gasteiger charge is -2.56. The van der Waals surface area contributed by atoms with Gasteiger partial charge in [-0.05, 0) is 74.2 Å². The Morgan fingerprint density at radius 1 is 1.14 bits per heavy atom. The fourth-order valence-electron chi connectivity index (χ4n) is 6.59. The SMILES string of the molecule is C[C@]12CCC(=O)C=C1CC[C@H]1[C@@H]3CCC[C@@]3(C(=O)O)CC[C@@H]12. The molecule has 3 fully saturated rings. The summed E-state index contributed by atoms with van der Waals surface area (Å²) in [6.45, 7) is 2.35. The highest BCUT2D eigenvalue weighted by atomic mass is 16.4. The second-order valence-electron chi connectivity index (χ2n) is 8.36. The third-order valence-electron chi connectivity index (χ3n) is 7.73. The van der Waals surface area contributed by atoms with E-state index in [1.165, 1.54) is 5.57 Å². The first-order chi connectivity index (χ1) is 10.5. The summed E-state index contributed by atoms with van der Waals surface area (Å²) in [5.41, 5.74) is 1.10. The molecule has 0 aliphatic heterocycles. The molecule has 0 amide bonds. The first-order valence-corrected chi connectivity index (χ1v) is 8.95. The molecule has 0 unspecified atom stereocenters. The summed E-state index contributed by atoms with van der Waals surface area (Å²) in [5, 5.41) is 9.86. The zero-order valence-corrected chi connectivity index (χ0v) is 13.4. The molecule has 0 aromatic rings. The summed E-state index contributed by atoms with van der Waals surface area (Å²) in [6.07, 6.45) is 10.6. The summed E-state index contributed by atoms with van der Waals surface area (Å²) in [5.74, 6) is 1.28. The van der Waals surface area contributed by atoms with E-state index >= 15 is 0 Å². The Bertz CT molecular complexity index is 563. The van der Waals surface area contributed by atoms with E-state index in [-0.39, 0.29) is 5.41 Å². The summed E-state index contributed by atoms with van der Waals surface area (Å²) in [7, 11) is 0. The van der Waals surface area contributed by atoms with Crippen LogP contribution in [0.3, 0.4) is 0 Å². The largest absolute Gasteiger partial charge is 0.481 e. The van der Waals surface area contributed by atoms with E-state index in [1.807, 2.05) is 6.08 Å². The van der Waals surface area contributed by atoms with Crippen molar-refractivity contribution in [3.05, 3.63) is 11.6 Å². The monoisotopic (exact) mass is 302 g/mol. The maximum absolute atomic E-state index is 12.0. The van der Waals surface area contributed by atoms with E-state index in [0.717, 1.165) is 51.4 Å². The van der Waals surface area contributed by atoms with Crippen LogP contribution < -0.4 is 0 Å². The molecule has 0 radical (unpaired) electrons. The quantitative estimate of drug-likeness (QED) is 0.797. The minimum Gasteiger partial charge on any atom is -0.481 e. The van der Waals surface area contributed by atoms with Crippen LogP contribution in [0, 0.1) is 28.6 Å². The van der Waals surface area contributed by atoms with Gasteiger partial charge in [0, 0.05) is 6.42 Å². The number of carboxylic acid groups (broad SMARTS) is 1. The average Bonchev–Trinajstić information content (AvgIpc) is 2.93. The first kappa shape index (κ1) is 14.5. The number of carbonyl (C=O) groups excluding carboxylic acids is 1. The van der Waals surface area contributed by atoms with Gasteiger partial charge in [0.15, 0.2) is 5.78 Å². The molecule has 5 atom stereocenters. The molecule has 0 aromatic carbocycles. The fourth-order valence-corrected chi connectivity index (χ4v) is 6.59. The number of allylic oxidation sites excluding steroid dienone is 1. The number of rotatable bonds is 1. The molecule has 3 saturated carbocycles. The second-order valence-corrected chi connectivity index (χ2v) is 8.36. The van der Waals surface area contributed by atoms with Gasteiger partial charge in [0.2, 0.25) is 0 Å². The van der Waals surface area contributed by atoms with Crippen LogP contribution in [0.4, 0.5) is 0 Å². The van der Waals surface area contributed by atoms with Crippen molar-refractivity contribution in [1.82, 2.24) is 0 Å². The van der Waals surface area contributed by atoms with E-state index in [0.29, 0.717) is 30.0 Å². The van der Waals surface area contributed by atoms with Crippen LogP contribution in [0.2, 0.25) is 0 Å². The fraction of sp³-hybridized carbons (Fsp3) is 0.789. The number of fused-ring (bicyclic) bond motifs is 5. The Balaban J connectivity index is 1.70. The van der Waals surface area contributed by atoms with Gasteiger partial charge in [0.25, 0.3) is 0 Å². The van der Waals surface area contributed by atoms with Crippen LogP contribution in [0.25, 0.3) is 0 Å². The minimum atomic E-state index is -0.543. The summed E-state index contributed by atoms with van der Waals surface area (Å²) < 4.78 is 0. The summed E-state index contributed by atoms with van der Waals surface area (Å²) >= 11 is 0. The van der Waals surface area contributed by atoms with E-state index in [2.05, 4.69) is 6.92 Å². The van der Waals surface area contributed by atoms with Crippen molar-refractivity contribution in [2.45, 2.75) is 64.7 Å². The van der Waals surface area contributed by atoms with Crippen molar-refractivity contribution in [1.29, 1.82) is 0 Å². The van der Waals surface area contributed by atoms with Gasteiger partial charge in [0.1, 0.15) is 0 Å². The van der Waals surface area contributed by atoms with Crippen LogP contribution in [0.1, 0.15) is 64.7 Å². The molecule has 0 aromatic heterocycles. The molecule has 3 heteroatoms. The highest BCUT2D eigenvalue weighted by Gasteiger charge is 2.60. The first-order valence-electron chi connectivity index (χ1n) is 8.95. The molecular formula is C19H26O3. The van der Waals surface area contributed by atoms with Crippen LogP contribution in [0.5, 0.6) is 0 Å². The minimum absolute atomic E-state index is 0.157. The highest BCUT2D eigenvalue weighted by Crippen LogP contribution is 2.65. The standard InChI is InChI=1S/C19H26O3/c1-18-9-6-13(20)11-12(18)4-5-14-15(18)7-10-19(17(21)22)8-2-3-16(14)19/h11,14-16H,2-10H2,1H3,(H,21,22)/t14-,15+,16+,18+,19-/m1/s1. The predicted molar refractivity (Wildman–Crippen MR) is 83.3 cm³/mol. The normalized spacial score (nSPS) is 47.2. The zero-order chi connectivity index (χ0) is 15.5. The lowest BCUT2D eigenvalue weighted by atomic mass is 9.47. The summed E-state index contributed by atoms with van der Waals surface area (Å²) in [6, 6.07) is 0. The maximum atomic E-state index is 12.0. The van der Waals surface area contributed by atoms with Gasteiger partial charge < -0.3 is 5.11 Å². The lowest BCUT2D eigenvalue weighted by molar-refractivity contribution is -0.160.